The number of anilines is 1. The molecule has 19 heavy (non-hydrogen) atoms. The van der Waals surface area contributed by atoms with Crippen molar-refractivity contribution in [3.63, 3.8) is 0 Å². The van der Waals surface area contributed by atoms with Crippen LogP contribution in [-0.2, 0) is 16.6 Å². The molecule has 0 atom stereocenters. The molecule has 0 aliphatic carbocycles. The predicted molar refractivity (Wildman–Crippen MR) is 70.0 cm³/mol. The highest BCUT2D eigenvalue weighted by Gasteiger charge is 2.17. The van der Waals surface area contributed by atoms with Gasteiger partial charge in [0.2, 0.25) is 0 Å². The number of rotatable bonds is 4. The summed E-state index contributed by atoms with van der Waals surface area (Å²) >= 11 is 1.20. The molecule has 1 aromatic heterocycles. The van der Waals surface area contributed by atoms with Gasteiger partial charge in [-0.2, -0.15) is 0 Å². The first kappa shape index (κ1) is 13.9. The normalized spacial score (nSPS) is 11.5. The van der Waals surface area contributed by atoms with Crippen molar-refractivity contribution < 1.29 is 17.9 Å². The van der Waals surface area contributed by atoms with Gasteiger partial charge < -0.3 is 5.11 Å². The fraction of sp³-hybridized carbons (Fsp3) is 0.182. The molecule has 2 aromatic rings. The average molecular weight is 302 g/mol. The number of hydrogen-bond acceptors (Lipinski definition) is 5. The quantitative estimate of drug-likeness (QED) is 0.904. The van der Waals surface area contributed by atoms with E-state index in [-0.39, 0.29) is 15.6 Å². The summed E-state index contributed by atoms with van der Waals surface area (Å²) in [4.78, 5) is 4.64. The summed E-state index contributed by atoms with van der Waals surface area (Å²) in [6.45, 7) is 1.24. The van der Waals surface area contributed by atoms with Crippen molar-refractivity contribution >= 4 is 26.5 Å². The number of aryl methyl sites for hydroxylation is 1. The Hall–Kier alpha value is -1.51. The van der Waals surface area contributed by atoms with Crippen LogP contribution >= 0.6 is 11.3 Å². The van der Waals surface area contributed by atoms with Crippen LogP contribution in [0.1, 0.15) is 10.4 Å². The number of aromatic nitrogens is 1. The van der Waals surface area contributed by atoms with Crippen LogP contribution in [0.5, 0.6) is 0 Å². The Balaban J connectivity index is 2.34. The second-order valence-electron chi connectivity index (χ2n) is 3.79. The van der Waals surface area contributed by atoms with Crippen molar-refractivity contribution in [3.05, 3.63) is 40.7 Å². The van der Waals surface area contributed by atoms with Gasteiger partial charge >= 0.3 is 0 Å². The molecule has 0 amide bonds. The zero-order chi connectivity index (χ0) is 14.0. The number of aliphatic hydroxyl groups is 1. The summed E-state index contributed by atoms with van der Waals surface area (Å²) in [5.41, 5.74) is -0.0711. The van der Waals surface area contributed by atoms with Gasteiger partial charge in [0.25, 0.3) is 10.0 Å². The summed E-state index contributed by atoms with van der Waals surface area (Å²) < 4.78 is 39.6. The van der Waals surface area contributed by atoms with Crippen LogP contribution in [0, 0.1) is 12.7 Å². The lowest BCUT2D eigenvalue weighted by Crippen LogP contribution is -2.13. The van der Waals surface area contributed by atoms with Crippen LogP contribution in [-0.4, -0.2) is 18.5 Å². The number of benzene rings is 1. The largest absolute Gasteiger partial charge is 0.392 e. The molecule has 0 bridgehead atoms. The summed E-state index contributed by atoms with van der Waals surface area (Å²) in [6.07, 6.45) is 1.55. The number of aliphatic hydroxyl groups excluding tert-OH is 1. The second-order valence-corrected chi connectivity index (χ2v) is 6.71. The summed E-state index contributed by atoms with van der Waals surface area (Å²) in [7, 11) is -3.83. The molecule has 2 N–H and O–H groups in total. The zero-order valence-electron chi connectivity index (χ0n) is 9.92. The van der Waals surface area contributed by atoms with Crippen LogP contribution in [0.3, 0.4) is 0 Å². The molecular formula is C11H11FN2O3S2. The van der Waals surface area contributed by atoms with Crippen LogP contribution in [0.25, 0.3) is 0 Å². The third-order valence-corrected chi connectivity index (χ3v) is 4.63. The Bertz CT molecular complexity index is 698. The molecule has 5 nitrogen and oxygen atoms in total. The van der Waals surface area contributed by atoms with Crippen LogP contribution < -0.4 is 4.72 Å². The van der Waals surface area contributed by atoms with E-state index < -0.39 is 22.4 Å². The first-order valence-electron chi connectivity index (χ1n) is 5.27. The molecule has 1 heterocycles. The van der Waals surface area contributed by atoms with E-state index >= 15 is 0 Å². The van der Waals surface area contributed by atoms with E-state index in [0.717, 1.165) is 23.1 Å². The van der Waals surface area contributed by atoms with E-state index in [4.69, 9.17) is 5.11 Å². The van der Waals surface area contributed by atoms with E-state index in [1.165, 1.54) is 11.3 Å². The monoisotopic (exact) mass is 302 g/mol. The molecule has 0 aliphatic heterocycles. The first-order valence-corrected chi connectivity index (χ1v) is 7.57. The highest BCUT2D eigenvalue weighted by Crippen LogP contribution is 2.22. The minimum Gasteiger partial charge on any atom is -0.392 e. The van der Waals surface area contributed by atoms with Crippen molar-refractivity contribution in [2.24, 2.45) is 0 Å². The van der Waals surface area contributed by atoms with Gasteiger partial charge in [-0.1, -0.05) is 0 Å². The number of nitrogens with zero attached hydrogens (tertiary/aromatic N) is 1. The molecule has 0 aliphatic rings. The van der Waals surface area contributed by atoms with Crippen molar-refractivity contribution in [1.82, 2.24) is 4.98 Å². The molecule has 1 aromatic carbocycles. The Morgan fingerprint density at radius 2 is 2.21 bits per heavy atom. The Morgan fingerprint density at radius 1 is 1.47 bits per heavy atom. The minimum absolute atomic E-state index is 0.0711. The van der Waals surface area contributed by atoms with E-state index in [1.807, 2.05) is 0 Å². The molecule has 0 fully saturated rings. The highest BCUT2D eigenvalue weighted by atomic mass is 32.2. The maximum absolute atomic E-state index is 13.2. The SMILES string of the molecule is Cc1cnc(NS(=O)(=O)c2ccc(F)c(CO)c2)s1. The first-order chi connectivity index (χ1) is 8.92. The maximum atomic E-state index is 13.2. The lowest BCUT2D eigenvalue weighted by Gasteiger charge is -2.07. The molecule has 0 saturated carbocycles. The topological polar surface area (TPSA) is 79.3 Å². The van der Waals surface area contributed by atoms with Crippen LogP contribution in [0.2, 0.25) is 0 Å². The lowest BCUT2D eigenvalue weighted by molar-refractivity contribution is 0.275. The summed E-state index contributed by atoms with van der Waals surface area (Å²) in [6, 6.07) is 3.24. The molecule has 0 unspecified atom stereocenters. The zero-order valence-corrected chi connectivity index (χ0v) is 11.6. The van der Waals surface area contributed by atoms with Crippen molar-refractivity contribution in [3.8, 4) is 0 Å². The molecule has 2 rings (SSSR count). The highest BCUT2D eigenvalue weighted by molar-refractivity contribution is 7.93. The van der Waals surface area contributed by atoms with Gasteiger partial charge in [-0.15, -0.1) is 11.3 Å². The van der Waals surface area contributed by atoms with E-state index in [0.29, 0.717) is 0 Å². The molecule has 8 heteroatoms. The second kappa shape index (κ2) is 5.24. The smallest absolute Gasteiger partial charge is 0.263 e. The number of hydrogen-bond donors (Lipinski definition) is 2. The van der Waals surface area contributed by atoms with E-state index in [9.17, 15) is 12.8 Å². The van der Waals surface area contributed by atoms with E-state index in [1.54, 1.807) is 13.1 Å². The molecule has 0 saturated heterocycles. The van der Waals surface area contributed by atoms with E-state index in [2.05, 4.69) is 9.71 Å². The molecule has 0 spiro atoms. The standard InChI is InChI=1S/C11H11FN2O3S2/c1-7-5-13-11(18-7)14-19(16,17)9-2-3-10(12)8(4-9)6-15/h2-5,15H,6H2,1H3,(H,13,14). The maximum Gasteiger partial charge on any atom is 0.263 e. The number of halogens is 1. The Labute approximate surface area is 113 Å². The van der Waals surface area contributed by atoms with Crippen molar-refractivity contribution in [2.75, 3.05) is 4.72 Å². The van der Waals surface area contributed by atoms with Crippen LogP contribution in [0.4, 0.5) is 9.52 Å². The molecule has 0 radical (unpaired) electrons. The van der Waals surface area contributed by atoms with Gasteiger partial charge in [-0.3, -0.25) is 4.72 Å². The van der Waals surface area contributed by atoms with Gasteiger partial charge in [0.15, 0.2) is 5.13 Å². The van der Waals surface area contributed by atoms with Crippen molar-refractivity contribution in [2.45, 2.75) is 18.4 Å². The van der Waals surface area contributed by atoms with Gasteiger partial charge in [-0.25, -0.2) is 17.8 Å². The summed E-state index contributed by atoms with van der Waals surface area (Å²) in [5, 5.41) is 9.18. The predicted octanol–water partition coefficient (Wildman–Crippen LogP) is 1.88. The average Bonchev–Trinajstić information content (AvgIpc) is 2.74. The van der Waals surface area contributed by atoms with Crippen LogP contribution in [0.15, 0.2) is 29.3 Å². The third-order valence-electron chi connectivity index (χ3n) is 2.34. The van der Waals surface area contributed by atoms with Crippen molar-refractivity contribution in [1.29, 1.82) is 0 Å². The minimum atomic E-state index is -3.83. The van der Waals surface area contributed by atoms with Gasteiger partial charge in [-0.05, 0) is 25.1 Å². The number of thiazole rings is 1. The Morgan fingerprint density at radius 3 is 2.79 bits per heavy atom. The number of sulfonamides is 1. The fourth-order valence-electron chi connectivity index (χ4n) is 1.42. The van der Waals surface area contributed by atoms with Gasteiger partial charge in [0.05, 0.1) is 11.5 Å². The molecular weight excluding hydrogens is 291 g/mol. The summed E-state index contributed by atoms with van der Waals surface area (Å²) in [5.74, 6) is -0.647. The third kappa shape index (κ3) is 3.09. The number of nitrogens with one attached hydrogen (secondary N) is 1. The Kier molecular flexibility index (Phi) is 3.83. The van der Waals surface area contributed by atoms with Gasteiger partial charge in [0.1, 0.15) is 5.82 Å². The lowest BCUT2D eigenvalue weighted by atomic mass is 10.2. The van der Waals surface area contributed by atoms with Gasteiger partial charge in [0, 0.05) is 16.6 Å². The fourth-order valence-corrected chi connectivity index (χ4v) is 3.37. The molecule has 102 valence electrons.